The first-order valence-electron chi connectivity index (χ1n) is 8.07. The average molecular weight is 433 g/mol. The van der Waals surface area contributed by atoms with Crippen LogP contribution in [0, 0.1) is 0 Å². The molecule has 0 saturated carbocycles. The lowest BCUT2D eigenvalue weighted by molar-refractivity contribution is 0.0994. The Labute approximate surface area is 164 Å². The van der Waals surface area contributed by atoms with Gasteiger partial charge in [0.15, 0.2) is 5.78 Å². The van der Waals surface area contributed by atoms with Gasteiger partial charge >= 0.3 is 0 Å². The van der Waals surface area contributed by atoms with Gasteiger partial charge in [0.1, 0.15) is 11.4 Å². The van der Waals surface area contributed by atoms with Gasteiger partial charge in [-0.05, 0) is 48.5 Å². The second-order valence-corrected chi connectivity index (χ2v) is 7.63. The van der Waals surface area contributed by atoms with E-state index >= 15 is 0 Å². The van der Waals surface area contributed by atoms with Gasteiger partial charge in [-0.15, -0.1) is 5.10 Å². The molecule has 0 aliphatic carbocycles. The highest BCUT2D eigenvalue weighted by molar-refractivity contribution is 9.10. The Morgan fingerprint density at radius 2 is 1.96 bits per heavy atom. The molecule has 0 fully saturated rings. The molecule has 0 N–H and O–H groups in total. The fourth-order valence-electron chi connectivity index (χ4n) is 2.37. The van der Waals surface area contributed by atoms with Gasteiger partial charge in [0, 0.05) is 10.0 Å². The number of aromatic nitrogens is 4. The largest absolute Gasteiger partial charge is 0.492 e. The first kappa shape index (κ1) is 18.6. The molecule has 1 aromatic heterocycles. The van der Waals surface area contributed by atoms with Crippen molar-refractivity contribution < 1.29 is 9.53 Å². The van der Waals surface area contributed by atoms with E-state index in [9.17, 15) is 4.79 Å². The van der Waals surface area contributed by atoms with Crippen LogP contribution in [0.4, 0.5) is 0 Å². The quantitative estimate of drug-likeness (QED) is 0.411. The summed E-state index contributed by atoms with van der Waals surface area (Å²) < 4.78 is 8.19. The van der Waals surface area contributed by atoms with Crippen LogP contribution in [0.5, 0.6) is 5.75 Å². The van der Waals surface area contributed by atoms with Gasteiger partial charge in [0.25, 0.3) is 0 Å². The van der Waals surface area contributed by atoms with Crippen LogP contribution in [0.25, 0.3) is 5.69 Å². The van der Waals surface area contributed by atoms with Crippen LogP contribution in [0.2, 0.25) is 0 Å². The van der Waals surface area contributed by atoms with Crippen LogP contribution in [-0.2, 0) is 0 Å². The summed E-state index contributed by atoms with van der Waals surface area (Å²) in [5.74, 6) is 0.714. The zero-order valence-corrected chi connectivity index (χ0v) is 16.7. The van der Waals surface area contributed by atoms with Crippen LogP contribution < -0.4 is 4.74 Å². The molecular formula is C18H17BrN4O2S. The van der Waals surface area contributed by atoms with Gasteiger partial charge < -0.3 is 4.74 Å². The van der Waals surface area contributed by atoms with E-state index in [1.54, 1.807) is 16.8 Å². The molecule has 3 rings (SSSR count). The molecule has 1 heterocycles. The minimum Gasteiger partial charge on any atom is -0.492 e. The molecule has 0 amide bonds. The predicted molar refractivity (Wildman–Crippen MR) is 104 cm³/mol. The summed E-state index contributed by atoms with van der Waals surface area (Å²) in [4.78, 5) is 12.7. The highest BCUT2D eigenvalue weighted by atomic mass is 79.9. The summed E-state index contributed by atoms with van der Waals surface area (Å²) in [5.41, 5.74) is 1.40. The zero-order chi connectivity index (χ0) is 18.5. The Bertz CT molecular complexity index is 898. The Kier molecular flexibility index (Phi) is 6.05. The summed E-state index contributed by atoms with van der Waals surface area (Å²) in [6, 6.07) is 14.8. The lowest BCUT2D eigenvalue weighted by Crippen LogP contribution is -2.14. The van der Waals surface area contributed by atoms with E-state index in [1.165, 1.54) is 11.8 Å². The van der Waals surface area contributed by atoms with Gasteiger partial charge in [-0.2, -0.15) is 4.68 Å². The van der Waals surface area contributed by atoms with Gasteiger partial charge in [-0.25, -0.2) is 0 Å². The Hall–Kier alpha value is -2.19. The summed E-state index contributed by atoms with van der Waals surface area (Å²) in [7, 11) is 0. The molecule has 0 spiro atoms. The molecule has 0 aliphatic heterocycles. The van der Waals surface area contributed by atoms with Crippen molar-refractivity contribution in [2.24, 2.45) is 0 Å². The standard InChI is InChI=1S/C18H17BrN4O2S/c1-3-25-16-7-5-4-6-15(16)23-18(20-21-22-23)26-12(2)17(24)13-8-10-14(19)11-9-13/h4-12H,3H2,1-2H3. The summed E-state index contributed by atoms with van der Waals surface area (Å²) in [6.45, 7) is 4.31. The van der Waals surface area contributed by atoms with E-state index in [1.807, 2.05) is 50.2 Å². The third-order valence-electron chi connectivity index (χ3n) is 3.61. The van der Waals surface area contributed by atoms with Crippen molar-refractivity contribution in [2.75, 3.05) is 6.61 Å². The monoisotopic (exact) mass is 432 g/mol. The number of Topliss-reactive ketones (excluding diaryl/α,β-unsaturated/α-hetero) is 1. The molecule has 6 nitrogen and oxygen atoms in total. The summed E-state index contributed by atoms with van der Waals surface area (Å²) in [6.07, 6.45) is 0. The molecule has 134 valence electrons. The van der Waals surface area contributed by atoms with Gasteiger partial charge in [-0.3, -0.25) is 4.79 Å². The molecule has 1 unspecified atom stereocenters. The number of rotatable bonds is 7. The van der Waals surface area contributed by atoms with Crippen molar-refractivity contribution in [3.05, 3.63) is 58.6 Å². The van der Waals surface area contributed by atoms with Crippen molar-refractivity contribution in [2.45, 2.75) is 24.3 Å². The fourth-order valence-corrected chi connectivity index (χ4v) is 3.52. The molecule has 8 heteroatoms. The molecule has 3 aromatic rings. The maximum atomic E-state index is 12.7. The third-order valence-corrected chi connectivity index (χ3v) is 5.18. The maximum Gasteiger partial charge on any atom is 0.214 e. The number of thioether (sulfide) groups is 1. The number of benzene rings is 2. The summed E-state index contributed by atoms with van der Waals surface area (Å²) >= 11 is 4.69. The fraction of sp³-hybridized carbons (Fsp3) is 0.222. The molecule has 2 aromatic carbocycles. The van der Waals surface area contributed by atoms with E-state index in [-0.39, 0.29) is 11.0 Å². The molecule has 0 radical (unpaired) electrons. The third kappa shape index (κ3) is 4.13. The van der Waals surface area contributed by atoms with Crippen molar-refractivity contribution in [1.29, 1.82) is 0 Å². The lowest BCUT2D eigenvalue weighted by Gasteiger charge is -2.12. The van der Waals surface area contributed by atoms with Crippen molar-refractivity contribution >= 4 is 33.5 Å². The molecule has 1 atom stereocenters. The highest BCUT2D eigenvalue weighted by Gasteiger charge is 2.21. The number of tetrazole rings is 1. The van der Waals surface area contributed by atoms with E-state index in [4.69, 9.17) is 4.74 Å². The molecule has 26 heavy (non-hydrogen) atoms. The number of ketones is 1. The predicted octanol–water partition coefficient (Wildman–Crippen LogP) is 4.19. The first-order valence-corrected chi connectivity index (χ1v) is 9.74. The number of carbonyl (C=O) groups excluding carboxylic acids is 1. The second kappa shape index (κ2) is 8.46. The lowest BCUT2D eigenvalue weighted by atomic mass is 10.1. The van der Waals surface area contributed by atoms with Crippen molar-refractivity contribution in [1.82, 2.24) is 20.2 Å². The van der Waals surface area contributed by atoms with Crippen LogP contribution in [0.15, 0.2) is 58.2 Å². The topological polar surface area (TPSA) is 69.9 Å². The molecule has 0 bridgehead atoms. The van der Waals surface area contributed by atoms with Gasteiger partial charge in [-0.1, -0.05) is 52.0 Å². The van der Waals surface area contributed by atoms with E-state index in [0.29, 0.717) is 23.1 Å². The Balaban J connectivity index is 1.83. The van der Waals surface area contributed by atoms with Gasteiger partial charge in [0.2, 0.25) is 5.16 Å². The Morgan fingerprint density at radius 3 is 2.69 bits per heavy atom. The number of hydrogen-bond donors (Lipinski definition) is 0. The Morgan fingerprint density at radius 1 is 1.23 bits per heavy atom. The maximum absolute atomic E-state index is 12.7. The minimum absolute atomic E-state index is 0.0233. The molecular weight excluding hydrogens is 416 g/mol. The molecule has 0 aliphatic rings. The number of hydrogen-bond acceptors (Lipinski definition) is 6. The van der Waals surface area contributed by atoms with Crippen LogP contribution in [0.1, 0.15) is 24.2 Å². The number of nitrogens with zero attached hydrogens (tertiary/aromatic N) is 4. The van der Waals surface area contributed by atoms with Crippen LogP contribution >= 0.6 is 27.7 Å². The smallest absolute Gasteiger partial charge is 0.214 e. The van der Waals surface area contributed by atoms with Gasteiger partial charge in [0.05, 0.1) is 11.9 Å². The summed E-state index contributed by atoms with van der Waals surface area (Å²) in [5, 5.41) is 12.1. The highest BCUT2D eigenvalue weighted by Crippen LogP contribution is 2.29. The normalized spacial score (nSPS) is 12.0. The van der Waals surface area contributed by atoms with Crippen molar-refractivity contribution in [3.63, 3.8) is 0 Å². The van der Waals surface area contributed by atoms with E-state index < -0.39 is 0 Å². The second-order valence-electron chi connectivity index (χ2n) is 5.41. The average Bonchev–Trinajstić information content (AvgIpc) is 3.10. The van der Waals surface area contributed by atoms with E-state index in [2.05, 4.69) is 31.5 Å². The van der Waals surface area contributed by atoms with Crippen molar-refractivity contribution in [3.8, 4) is 11.4 Å². The zero-order valence-electron chi connectivity index (χ0n) is 14.3. The minimum atomic E-state index is -0.333. The van der Waals surface area contributed by atoms with E-state index in [0.717, 1.165) is 10.2 Å². The number of para-hydroxylation sites is 2. The first-order chi connectivity index (χ1) is 12.6. The van der Waals surface area contributed by atoms with Crippen LogP contribution in [-0.4, -0.2) is 37.8 Å². The number of ether oxygens (including phenoxy) is 1. The number of halogens is 1. The van der Waals surface area contributed by atoms with Crippen LogP contribution in [0.3, 0.4) is 0 Å². The number of carbonyl (C=O) groups is 1. The molecule has 0 saturated heterocycles. The SMILES string of the molecule is CCOc1ccccc1-n1nnnc1SC(C)C(=O)c1ccc(Br)cc1.